The first-order valence-corrected chi connectivity index (χ1v) is 7.07. The van der Waals surface area contributed by atoms with E-state index in [1.807, 2.05) is 0 Å². The van der Waals surface area contributed by atoms with Crippen LogP contribution in [-0.4, -0.2) is 47.0 Å². The summed E-state index contributed by atoms with van der Waals surface area (Å²) in [4.78, 5) is 7.44. The molecule has 1 aliphatic rings. The summed E-state index contributed by atoms with van der Waals surface area (Å²) in [6, 6.07) is 0.415. The van der Waals surface area contributed by atoms with Gasteiger partial charge in [-0.05, 0) is 19.8 Å². The SMILES string of the molecule is C[C@@H](CO)Nc1nc(NC[C@@H]2CCCO2)cc(C(F)(F)F)n1. The summed E-state index contributed by atoms with van der Waals surface area (Å²) < 4.78 is 44.1. The number of alkyl halides is 3. The number of hydrogen-bond donors (Lipinski definition) is 3. The highest BCUT2D eigenvalue weighted by Gasteiger charge is 2.34. The van der Waals surface area contributed by atoms with Gasteiger partial charge in [-0.3, -0.25) is 0 Å². The molecule has 2 atom stereocenters. The molecular formula is C13H19F3N4O2. The van der Waals surface area contributed by atoms with Crippen LogP contribution in [-0.2, 0) is 10.9 Å². The molecule has 0 saturated carbocycles. The Morgan fingerprint density at radius 3 is 2.82 bits per heavy atom. The first kappa shape index (κ1) is 16.8. The second-order valence-corrected chi connectivity index (χ2v) is 5.20. The van der Waals surface area contributed by atoms with Crippen LogP contribution in [0.25, 0.3) is 0 Å². The molecular weight excluding hydrogens is 301 g/mol. The highest BCUT2D eigenvalue weighted by molar-refractivity contribution is 5.43. The van der Waals surface area contributed by atoms with E-state index in [-0.39, 0.29) is 24.5 Å². The van der Waals surface area contributed by atoms with Crippen LogP contribution < -0.4 is 10.6 Å². The molecule has 2 rings (SSSR count). The van der Waals surface area contributed by atoms with E-state index >= 15 is 0 Å². The van der Waals surface area contributed by atoms with Crippen molar-refractivity contribution >= 4 is 11.8 Å². The number of anilines is 2. The lowest BCUT2D eigenvalue weighted by molar-refractivity contribution is -0.141. The predicted octanol–water partition coefficient (Wildman–Crippen LogP) is 1.88. The van der Waals surface area contributed by atoms with Crippen LogP contribution in [0.3, 0.4) is 0 Å². The molecule has 1 aromatic heterocycles. The third kappa shape index (κ3) is 4.70. The summed E-state index contributed by atoms with van der Waals surface area (Å²) in [6.45, 7) is 2.44. The largest absolute Gasteiger partial charge is 0.433 e. The van der Waals surface area contributed by atoms with Crippen LogP contribution in [0.15, 0.2) is 6.07 Å². The highest BCUT2D eigenvalue weighted by atomic mass is 19.4. The molecule has 0 radical (unpaired) electrons. The molecule has 1 aromatic rings. The fourth-order valence-electron chi connectivity index (χ4n) is 2.04. The first-order chi connectivity index (χ1) is 10.4. The van der Waals surface area contributed by atoms with Crippen molar-refractivity contribution in [1.29, 1.82) is 0 Å². The maximum Gasteiger partial charge on any atom is 0.433 e. The molecule has 6 nitrogen and oxygen atoms in total. The van der Waals surface area contributed by atoms with E-state index < -0.39 is 17.9 Å². The molecule has 0 aromatic carbocycles. The van der Waals surface area contributed by atoms with Crippen molar-refractivity contribution in [3.63, 3.8) is 0 Å². The number of hydrogen-bond acceptors (Lipinski definition) is 6. The van der Waals surface area contributed by atoms with Crippen molar-refractivity contribution in [2.75, 3.05) is 30.4 Å². The maximum absolute atomic E-state index is 12.9. The Morgan fingerprint density at radius 2 is 2.23 bits per heavy atom. The molecule has 1 saturated heterocycles. The number of aliphatic hydroxyl groups excluding tert-OH is 1. The molecule has 1 aliphatic heterocycles. The number of aromatic nitrogens is 2. The zero-order valence-corrected chi connectivity index (χ0v) is 12.2. The van der Waals surface area contributed by atoms with E-state index in [4.69, 9.17) is 9.84 Å². The van der Waals surface area contributed by atoms with E-state index in [9.17, 15) is 13.2 Å². The van der Waals surface area contributed by atoms with Gasteiger partial charge in [0.2, 0.25) is 5.95 Å². The number of aliphatic hydroxyl groups is 1. The van der Waals surface area contributed by atoms with Crippen molar-refractivity contribution < 1.29 is 23.0 Å². The number of rotatable bonds is 6. The van der Waals surface area contributed by atoms with Gasteiger partial charge in [0.15, 0.2) is 5.69 Å². The van der Waals surface area contributed by atoms with Crippen molar-refractivity contribution in [3.05, 3.63) is 11.8 Å². The van der Waals surface area contributed by atoms with Crippen LogP contribution in [0.5, 0.6) is 0 Å². The minimum Gasteiger partial charge on any atom is -0.394 e. The maximum atomic E-state index is 12.9. The van der Waals surface area contributed by atoms with Crippen LogP contribution in [0.4, 0.5) is 24.9 Å². The second-order valence-electron chi connectivity index (χ2n) is 5.20. The summed E-state index contributed by atoms with van der Waals surface area (Å²) >= 11 is 0. The first-order valence-electron chi connectivity index (χ1n) is 7.07. The highest BCUT2D eigenvalue weighted by Crippen LogP contribution is 2.29. The van der Waals surface area contributed by atoms with Gasteiger partial charge in [-0.2, -0.15) is 18.2 Å². The lowest BCUT2D eigenvalue weighted by Crippen LogP contribution is -2.24. The third-order valence-corrected chi connectivity index (χ3v) is 3.20. The molecule has 0 spiro atoms. The van der Waals surface area contributed by atoms with Gasteiger partial charge in [-0.1, -0.05) is 0 Å². The van der Waals surface area contributed by atoms with Crippen molar-refractivity contribution in [1.82, 2.24) is 9.97 Å². The minimum atomic E-state index is -4.57. The molecule has 2 heterocycles. The minimum absolute atomic E-state index is 0.0166. The number of halogens is 3. The van der Waals surface area contributed by atoms with E-state index in [1.165, 1.54) is 0 Å². The van der Waals surface area contributed by atoms with Gasteiger partial charge in [-0.25, -0.2) is 4.98 Å². The van der Waals surface area contributed by atoms with Crippen LogP contribution >= 0.6 is 0 Å². The summed E-state index contributed by atoms with van der Waals surface area (Å²) in [6.07, 6.45) is -2.76. The molecule has 1 fully saturated rings. The van der Waals surface area contributed by atoms with Gasteiger partial charge in [0, 0.05) is 25.3 Å². The fourth-order valence-corrected chi connectivity index (χ4v) is 2.04. The molecule has 0 unspecified atom stereocenters. The van der Waals surface area contributed by atoms with Crippen molar-refractivity contribution in [3.8, 4) is 0 Å². The molecule has 0 amide bonds. The van der Waals surface area contributed by atoms with Gasteiger partial charge >= 0.3 is 6.18 Å². The second kappa shape index (κ2) is 7.10. The van der Waals surface area contributed by atoms with E-state index in [2.05, 4.69) is 20.6 Å². The van der Waals surface area contributed by atoms with Gasteiger partial charge in [0.25, 0.3) is 0 Å². The number of ether oxygens (including phenoxy) is 1. The van der Waals surface area contributed by atoms with Crippen LogP contribution in [0.1, 0.15) is 25.5 Å². The quantitative estimate of drug-likeness (QED) is 0.743. The fraction of sp³-hybridized carbons (Fsp3) is 0.692. The number of nitrogens with one attached hydrogen (secondary N) is 2. The molecule has 124 valence electrons. The van der Waals surface area contributed by atoms with E-state index in [0.717, 1.165) is 18.9 Å². The van der Waals surface area contributed by atoms with Gasteiger partial charge in [0.1, 0.15) is 5.82 Å². The molecule has 9 heteroatoms. The zero-order valence-electron chi connectivity index (χ0n) is 12.2. The standard InChI is InChI=1S/C13H19F3N4O2/c1-8(7-21)18-12-19-10(13(14,15)16)5-11(20-12)17-6-9-3-2-4-22-9/h5,8-9,21H,2-4,6-7H2,1H3,(H2,17,18,19,20)/t8-,9-/m0/s1. The average molecular weight is 320 g/mol. The Hall–Kier alpha value is -1.61. The topological polar surface area (TPSA) is 79.3 Å². The van der Waals surface area contributed by atoms with Crippen LogP contribution in [0, 0.1) is 0 Å². The van der Waals surface area contributed by atoms with Gasteiger partial charge < -0.3 is 20.5 Å². The molecule has 0 bridgehead atoms. The monoisotopic (exact) mass is 320 g/mol. The number of nitrogens with zero attached hydrogens (tertiary/aromatic N) is 2. The molecule has 0 aliphatic carbocycles. The van der Waals surface area contributed by atoms with Gasteiger partial charge in [0.05, 0.1) is 12.7 Å². The van der Waals surface area contributed by atoms with E-state index in [1.54, 1.807) is 6.92 Å². The lowest BCUT2D eigenvalue weighted by Gasteiger charge is -2.16. The van der Waals surface area contributed by atoms with Crippen LogP contribution in [0.2, 0.25) is 0 Å². The third-order valence-electron chi connectivity index (χ3n) is 3.20. The lowest BCUT2D eigenvalue weighted by atomic mass is 10.2. The molecule has 22 heavy (non-hydrogen) atoms. The average Bonchev–Trinajstić information content (AvgIpc) is 2.97. The Bertz CT molecular complexity index is 493. The van der Waals surface area contributed by atoms with Crippen molar-refractivity contribution in [2.45, 2.75) is 38.1 Å². The summed E-state index contributed by atoms with van der Waals surface area (Å²) in [5.41, 5.74) is -1.04. The Labute approximate surface area is 126 Å². The molecule has 3 N–H and O–H groups in total. The zero-order chi connectivity index (χ0) is 16.2. The van der Waals surface area contributed by atoms with E-state index in [0.29, 0.717) is 13.2 Å². The predicted molar refractivity (Wildman–Crippen MR) is 74.7 cm³/mol. The Kier molecular flexibility index (Phi) is 5.41. The smallest absolute Gasteiger partial charge is 0.394 e. The normalized spacial score (nSPS) is 20.0. The Morgan fingerprint density at radius 1 is 1.45 bits per heavy atom. The van der Waals surface area contributed by atoms with Crippen molar-refractivity contribution in [2.24, 2.45) is 0 Å². The summed E-state index contributed by atoms with van der Waals surface area (Å²) in [5.74, 6) is -0.100. The summed E-state index contributed by atoms with van der Waals surface area (Å²) in [5, 5.41) is 14.5. The Balaban J connectivity index is 2.13. The van der Waals surface area contributed by atoms with Gasteiger partial charge in [-0.15, -0.1) is 0 Å². The summed E-state index contributed by atoms with van der Waals surface area (Å²) in [7, 11) is 0.